The Morgan fingerprint density at radius 2 is 1.87 bits per heavy atom. The molecule has 1 aromatic rings. The third-order valence-electron chi connectivity index (χ3n) is 4.19. The number of hydrogen-bond acceptors (Lipinski definition) is 4. The summed E-state index contributed by atoms with van der Waals surface area (Å²) in [7, 11) is 1.57. The average Bonchev–Trinajstić information content (AvgIpc) is 2.59. The zero-order chi connectivity index (χ0) is 16.8. The van der Waals surface area contributed by atoms with Crippen LogP contribution in [0.4, 0.5) is 0 Å². The van der Waals surface area contributed by atoms with Gasteiger partial charge in [0, 0.05) is 19.0 Å². The highest BCUT2D eigenvalue weighted by molar-refractivity contribution is 5.82. The Balaban J connectivity index is 2.00. The summed E-state index contributed by atoms with van der Waals surface area (Å²) in [5.41, 5.74) is 5.33. The van der Waals surface area contributed by atoms with Crippen LogP contribution in [0.3, 0.4) is 0 Å². The van der Waals surface area contributed by atoms with Crippen LogP contribution in [0.2, 0.25) is 0 Å². The van der Waals surface area contributed by atoms with E-state index < -0.39 is 6.10 Å². The number of para-hydroxylation sites is 2. The molecular formula is C17H24N2O4. The first kappa shape index (κ1) is 17.1. The molecule has 0 spiro atoms. The summed E-state index contributed by atoms with van der Waals surface area (Å²) >= 11 is 0. The number of likely N-dealkylation sites (tertiary alicyclic amines) is 1. The number of nitrogens with two attached hydrogens (primary N) is 1. The Hall–Kier alpha value is -2.24. The van der Waals surface area contributed by atoms with E-state index in [2.05, 4.69) is 0 Å². The lowest BCUT2D eigenvalue weighted by molar-refractivity contribution is -0.141. The Labute approximate surface area is 136 Å². The average molecular weight is 320 g/mol. The molecule has 1 aromatic carbocycles. The second-order valence-electron chi connectivity index (χ2n) is 5.67. The van der Waals surface area contributed by atoms with Crippen molar-refractivity contribution < 1.29 is 19.1 Å². The van der Waals surface area contributed by atoms with Crippen molar-refractivity contribution in [2.24, 2.45) is 11.7 Å². The van der Waals surface area contributed by atoms with Crippen LogP contribution in [0, 0.1) is 5.92 Å². The van der Waals surface area contributed by atoms with Gasteiger partial charge in [0.05, 0.1) is 7.11 Å². The van der Waals surface area contributed by atoms with E-state index in [-0.39, 0.29) is 17.7 Å². The van der Waals surface area contributed by atoms with Crippen LogP contribution in [0.15, 0.2) is 24.3 Å². The molecule has 0 radical (unpaired) electrons. The summed E-state index contributed by atoms with van der Waals surface area (Å²) in [5.74, 6) is 0.693. The zero-order valence-electron chi connectivity index (χ0n) is 13.7. The van der Waals surface area contributed by atoms with E-state index in [9.17, 15) is 9.59 Å². The maximum Gasteiger partial charge on any atom is 0.263 e. The van der Waals surface area contributed by atoms with E-state index in [4.69, 9.17) is 15.2 Å². The standard InChI is InChI=1S/C17H24N2O4/c1-3-13(23-15-7-5-4-6-14(15)22-2)17(21)19-10-8-12(9-11-19)16(18)20/h4-7,12-13H,3,8-11H2,1-2H3,(H2,18,20)/t13-/m1/s1. The lowest BCUT2D eigenvalue weighted by atomic mass is 9.96. The number of benzene rings is 1. The van der Waals surface area contributed by atoms with Crippen molar-refractivity contribution in [3.8, 4) is 11.5 Å². The maximum atomic E-state index is 12.7. The number of piperidine rings is 1. The summed E-state index contributed by atoms with van der Waals surface area (Å²) in [5, 5.41) is 0. The third-order valence-corrected chi connectivity index (χ3v) is 4.19. The number of hydrogen-bond donors (Lipinski definition) is 1. The van der Waals surface area contributed by atoms with Crippen LogP contribution < -0.4 is 15.2 Å². The predicted octanol–water partition coefficient (Wildman–Crippen LogP) is 1.58. The Kier molecular flexibility index (Phi) is 5.84. The van der Waals surface area contributed by atoms with Gasteiger partial charge < -0.3 is 20.1 Å². The van der Waals surface area contributed by atoms with Crippen molar-refractivity contribution in [1.82, 2.24) is 4.90 Å². The van der Waals surface area contributed by atoms with Crippen LogP contribution in [-0.4, -0.2) is 43.0 Å². The van der Waals surface area contributed by atoms with Crippen LogP contribution in [0.25, 0.3) is 0 Å². The molecule has 1 fully saturated rings. The quantitative estimate of drug-likeness (QED) is 0.862. The smallest absolute Gasteiger partial charge is 0.263 e. The summed E-state index contributed by atoms with van der Waals surface area (Å²) in [6.07, 6.45) is 1.24. The van der Waals surface area contributed by atoms with Crippen molar-refractivity contribution in [3.63, 3.8) is 0 Å². The molecule has 0 unspecified atom stereocenters. The third kappa shape index (κ3) is 4.15. The van der Waals surface area contributed by atoms with E-state index in [0.29, 0.717) is 43.9 Å². The number of amides is 2. The molecule has 0 saturated carbocycles. The number of primary amides is 1. The minimum absolute atomic E-state index is 0.0543. The molecule has 0 aromatic heterocycles. The number of nitrogens with zero attached hydrogens (tertiary/aromatic N) is 1. The number of carbonyl (C=O) groups is 2. The first-order valence-electron chi connectivity index (χ1n) is 7.94. The lowest BCUT2D eigenvalue weighted by Crippen LogP contribution is -2.47. The van der Waals surface area contributed by atoms with Gasteiger partial charge in [0.1, 0.15) is 0 Å². The van der Waals surface area contributed by atoms with Gasteiger partial charge in [0.2, 0.25) is 5.91 Å². The first-order chi connectivity index (χ1) is 11.1. The van der Waals surface area contributed by atoms with Crippen molar-refractivity contribution in [1.29, 1.82) is 0 Å². The summed E-state index contributed by atoms with van der Waals surface area (Å²) in [4.78, 5) is 25.6. The number of carbonyl (C=O) groups excluding carboxylic acids is 2. The molecule has 6 heteroatoms. The van der Waals surface area contributed by atoms with E-state index in [1.807, 2.05) is 19.1 Å². The Morgan fingerprint density at radius 1 is 1.26 bits per heavy atom. The van der Waals surface area contributed by atoms with Gasteiger partial charge >= 0.3 is 0 Å². The normalized spacial score (nSPS) is 16.7. The van der Waals surface area contributed by atoms with Gasteiger partial charge in [-0.2, -0.15) is 0 Å². The molecule has 0 bridgehead atoms. The van der Waals surface area contributed by atoms with Crippen molar-refractivity contribution in [2.75, 3.05) is 20.2 Å². The fourth-order valence-corrected chi connectivity index (χ4v) is 2.77. The van der Waals surface area contributed by atoms with Gasteiger partial charge in [-0.15, -0.1) is 0 Å². The van der Waals surface area contributed by atoms with E-state index in [1.54, 1.807) is 24.1 Å². The number of rotatable bonds is 6. The molecule has 2 N–H and O–H groups in total. The van der Waals surface area contributed by atoms with Gasteiger partial charge in [0.25, 0.3) is 5.91 Å². The molecule has 1 aliphatic rings. The van der Waals surface area contributed by atoms with Crippen LogP contribution in [0.1, 0.15) is 26.2 Å². The Bertz CT molecular complexity index is 553. The molecule has 1 saturated heterocycles. The van der Waals surface area contributed by atoms with E-state index in [0.717, 1.165) is 0 Å². The first-order valence-corrected chi connectivity index (χ1v) is 7.94. The molecule has 2 amide bonds. The Morgan fingerprint density at radius 3 is 2.39 bits per heavy atom. The monoisotopic (exact) mass is 320 g/mol. The minimum atomic E-state index is -0.559. The highest BCUT2D eigenvalue weighted by Crippen LogP contribution is 2.28. The van der Waals surface area contributed by atoms with Crippen molar-refractivity contribution in [3.05, 3.63) is 24.3 Å². The van der Waals surface area contributed by atoms with Gasteiger partial charge in [-0.05, 0) is 31.4 Å². The molecule has 0 aliphatic carbocycles. The summed E-state index contributed by atoms with van der Waals surface area (Å²) in [6.45, 7) is 2.99. The van der Waals surface area contributed by atoms with Crippen LogP contribution >= 0.6 is 0 Å². The fourth-order valence-electron chi connectivity index (χ4n) is 2.77. The molecule has 23 heavy (non-hydrogen) atoms. The van der Waals surface area contributed by atoms with Crippen LogP contribution in [-0.2, 0) is 9.59 Å². The SMILES string of the molecule is CC[C@@H](Oc1ccccc1OC)C(=O)N1CCC(C(N)=O)CC1. The number of ether oxygens (including phenoxy) is 2. The maximum absolute atomic E-state index is 12.7. The highest BCUT2D eigenvalue weighted by atomic mass is 16.5. The summed E-state index contributed by atoms with van der Waals surface area (Å²) < 4.78 is 11.1. The fraction of sp³-hybridized carbons (Fsp3) is 0.529. The lowest BCUT2D eigenvalue weighted by Gasteiger charge is -2.33. The van der Waals surface area contributed by atoms with Crippen molar-refractivity contribution in [2.45, 2.75) is 32.3 Å². The van der Waals surface area contributed by atoms with Gasteiger partial charge in [0.15, 0.2) is 17.6 Å². The molecule has 2 rings (SSSR count). The second kappa shape index (κ2) is 7.85. The molecule has 1 atom stereocenters. The van der Waals surface area contributed by atoms with Crippen LogP contribution in [0.5, 0.6) is 11.5 Å². The highest BCUT2D eigenvalue weighted by Gasteiger charge is 2.30. The second-order valence-corrected chi connectivity index (χ2v) is 5.67. The minimum Gasteiger partial charge on any atom is -0.493 e. The molecule has 126 valence electrons. The number of methoxy groups -OCH3 is 1. The molecular weight excluding hydrogens is 296 g/mol. The predicted molar refractivity (Wildman–Crippen MR) is 86.2 cm³/mol. The van der Waals surface area contributed by atoms with E-state index in [1.165, 1.54) is 0 Å². The van der Waals surface area contributed by atoms with E-state index >= 15 is 0 Å². The zero-order valence-corrected chi connectivity index (χ0v) is 13.7. The molecule has 1 heterocycles. The van der Waals surface area contributed by atoms with Gasteiger partial charge in [-0.1, -0.05) is 19.1 Å². The largest absolute Gasteiger partial charge is 0.493 e. The molecule has 1 aliphatic heterocycles. The topological polar surface area (TPSA) is 81.9 Å². The van der Waals surface area contributed by atoms with Gasteiger partial charge in [-0.25, -0.2) is 0 Å². The summed E-state index contributed by atoms with van der Waals surface area (Å²) in [6, 6.07) is 7.27. The van der Waals surface area contributed by atoms with Crippen molar-refractivity contribution >= 4 is 11.8 Å². The van der Waals surface area contributed by atoms with Gasteiger partial charge in [-0.3, -0.25) is 9.59 Å². The molecule has 6 nitrogen and oxygen atoms in total.